The molecule has 0 aliphatic heterocycles. The molecule has 152 valence electrons. The van der Waals surface area contributed by atoms with Crippen LogP contribution in [-0.4, -0.2) is 40.5 Å². The molecule has 3 rings (SSSR count). The summed E-state index contributed by atoms with van der Waals surface area (Å²) >= 11 is 1.37. The van der Waals surface area contributed by atoms with Gasteiger partial charge in [0.1, 0.15) is 23.9 Å². The number of nitrogens with zero attached hydrogens (tertiary/aromatic N) is 3. The maximum atomic E-state index is 12.4. The van der Waals surface area contributed by atoms with Gasteiger partial charge in [-0.15, -0.1) is 10.2 Å². The van der Waals surface area contributed by atoms with Gasteiger partial charge < -0.3 is 18.8 Å². The number of carbonyl (C=O) groups excluding carboxylic acids is 1. The molecule has 7 nitrogen and oxygen atoms in total. The molecule has 0 saturated carbocycles. The summed E-state index contributed by atoms with van der Waals surface area (Å²) < 4.78 is 18.0. The van der Waals surface area contributed by atoms with Crippen molar-refractivity contribution in [2.75, 3.05) is 20.0 Å². The van der Waals surface area contributed by atoms with Crippen molar-refractivity contribution in [2.45, 2.75) is 25.2 Å². The molecular formula is C21H23N3O4S. The first-order valence-corrected chi connectivity index (χ1v) is 10.1. The van der Waals surface area contributed by atoms with E-state index in [0.717, 1.165) is 17.2 Å². The fraction of sp³-hybridized carbons (Fsp3) is 0.286. The van der Waals surface area contributed by atoms with Crippen LogP contribution in [0.5, 0.6) is 17.2 Å². The Kier molecular flexibility index (Phi) is 7.13. The van der Waals surface area contributed by atoms with Gasteiger partial charge in [-0.1, -0.05) is 11.8 Å². The first-order chi connectivity index (χ1) is 14.1. The van der Waals surface area contributed by atoms with Crippen molar-refractivity contribution in [3.8, 4) is 17.2 Å². The molecule has 0 N–H and O–H groups in total. The second-order valence-electron chi connectivity index (χ2n) is 6.05. The number of rotatable bonds is 10. The van der Waals surface area contributed by atoms with E-state index in [1.54, 1.807) is 38.5 Å². The quantitative estimate of drug-likeness (QED) is 0.369. The SMILES string of the molecule is CCn1c(COc2ccc(OC)cc2)nnc1SCC(=O)c1ccc(OC)cc1. The third-order valence-electron chi connectivity index (χ3n) is 4.28. The molecule has 0 spiro atoms. The maximum Gasteiger partial charge on any atom is 0.191 e. The van der Waals surface area contributed by atoms with Crippen LogP contribution < -0.4 is 14.2 Å². The molecule has 0 bridgehead atoms. The molecule has 0 amide bonds. The van der Waals surface area contributed by atoms with E-state index in [4.69, 9.17) is 14.2 Å². The fourth-order valence-corrected chi connectivity index (χ4v) is 3.58. The molecular weight excluding hydrogens is 390 g/mol. The van der Waals surface area contributed by atoms with E-state index < -0.39 is 0 Å². The number of carbonyl (C=O) groups is 1. The van der Waals surface area contributed by atoms with Gasteiger partial charge in [-0.3, -0.25) is 4.79 Å². The lowest BCUT2D eigenvalue weighted by Crippen LogP contribution is -2.08. The normalized spacial score (nSPS) is 10.6. The first-order valence-electron chi connectivity index (χ1n) is 9.13. The zero-order chi connectivity index (χ0) is 20.6. The van der Waals surface area contributed by atoms with E-state index in [9.17, 15) is 4.79 Å². The third kappa shape index (κ3) is 5.29. The highest BCUT2D eigenvalue weighted by atomic mass is 32.2. The number of ketones is 1. The second kappa shape index (κ2) is 9.97. The van der Waals surface area contributed by atoms with Crippen LogP contribution >= 0.6 is 11.8 Å². The molecule has 0 saturated heterocycles. The van der Waals surface area contributed by atoms with Crippen molar-refractivity contribution in [1.82, 2.24) is 14.8 Å². The molecule has 0 aliphatic carbocycles. The summed E-state index contributed by atoms with van der Waals surface area (Å²) in [7, 11) is 3.22. The molecule has 0 unspecified atom stereocenters. The maximum absolute atomic E-state index is 12.4. The molecule has 3 aromatic rings. The first kappa shape index (κ1) is 20.7. The summed E-state index contributed by atoms with van der Waals surface area (Å²) in [5.74, 6) is 3.24. The minimum absolute atomic E-state index is 0.0272. The smallest absolute Gasteiger partial charge is 0.191 e. The molecule has 8 heteroatoms. The summed E-state index contributed by atoms with van der Waals surface area (Å²) in [5, 5.41) is 9.14. The van der Waals surface area contributed by atoms with Crippen molar-refractivity contribution in [3.63, 3.8) is 0 Å². The van der Waals surface area contributed by atoms with Gasteiger partial charge in [0, 0.05) is 12.1 Å². The highest BCUT2D eigenvalue weighted by Crippen LogP contribution is 2.22. The minimum Gasteiger partial charge on any atom is -0.497 e. The molecule has 0 fully saturated rings. The standard InChI is InChI=1S/C21H23N3O4S/c1-4-24-20(13-28-18-11-9-17(27-3)10-12-18)22-23-21(24)29-14-19(25)15-5-7-16(26-2)8-6-15/h5-12H,4,13-14H2,1-3H3. The van der Waals surface area contributed by atoms with Gasteiger partial charge in [0.15, 0.2) is 16.8 Å². The van der Waals surface area contributed by atoms with Crippen molar-refractivity contribution in [2.24, 2.45) is 0 Å². The number of thioether (sulfide) groups is 1. The van der Waals surface area contributed by atoms with Crippen molar-refractivity contribution < 1.29 is 19.0 Å². The van der Waals surface area contributed by atoms with E-state index in [0.29, 0.717) is 29.7 Å². The highest BCUT2D eigenvalue weighted by Gasteiger charge is 2.14. The van der Waals surface area contributed by atoms with Crippen LogP contribution in [0.1, 0.15) is 23.1 Å². The number of hydrogen-bond acceptors (Lipinski definition) is 7. The fourth-order valence-electron chi connectivity index (χ4n) is 2.66. The number of hydrogen-bond donors (Lipinski definition) is 0. The predicted molar refractivity (Wildman–Crippen MR) is 111 cm³/mol. The average Bonchev–Trinajstić information content (AvgIpc) is 3.18. The van der Waals surface area contributed by atoms with Gasteiger partial charge in [0.2, 0.25) is 0 Å². The third-order valence-corrected chi connectivity index (χ3v) is 5.25. The average molecular weight is 413 g/mol. The summed E-state index contributed by atoms with van der Waals surface area (Å²) in [6.07, 6.45) is 0. The lowest BCUT2D eigenvalue weighted by molar-refractivity contribution is 0.102. The van der Waals surface area contributed by atoms with Crippen molar-refractivity contribution in [3.05, 3.63) is 59.9 Å². The lowest BCUT2D eigenvalue weighted by Gasteiger charge is -2.09. The molecule has 2 aromatic carbocycles. The Balaban J connectivity index is 1.60. The van der Waals surface area contributed by atoms with E-state index in [2.05, 4.69) is 10.2 Å². The highest BCUT2D eigenvalue weighted by molar-refractivity contribution is 7.99. The predicted octanol–water partition coefficient (Wildman–Crippen LogP) is 3.87. The Morgan fingerprint density at radius 3 is 2.10 bits per heavy atom. The Labute approximate surface area is 174 Å². The Morgan fingerprint density at radius 1 is 0.931 bits per heavy atom. The number of methoxy groups -OCH3 is 2. The number of aromatic nitrogens is 3. The van der Waals surface area contributed by atoms with Crippen LogP contribution in [0.25, 0.3) is 0 Å². The Bertz CT molecular complexity index is 940. The van der Waals surface area contributed by atoms with Crippen molar-refractivity contribution >= 4 is 17.5 Å². The van der Waals surface area contributed by atoms with Crippen molar-refractivity contribution in [1.29, 1.82) is 0 Å². The van der Waals surface area contributed by atoms with Gasteiger partial charge >= 0.3 is 0 Å². The molecule has 1 aromatic heterocycles. The van der Waals surface area contributed by atoms with Crippen LogP contribution in [0.15, 0.2) is 53.7 Å². The Hall–Kier alpha value is -3.00. The van der Waals surface area contributed by atoms with Crippen LogP contribution in [0.4, 0.5) is 0 Å². The van der Waals surface area contributed by atoms with E-state index in [-0.39, 0.29) is 11.5 Å². The monoisotopic (exact) mass is 413 g/mol. The Morgan fingerprint density at radius 2 is 1.52 bits per heavy atom. The van der Waals surface area contributed by atoms with Crippen LogP contribution in [0, 0.1) is 0 Å². The van der Waals surface area contributed by atoms with Gasteiger partial charge in [-0.2, -0.15) is 0 Å². The van der Waals surface area contributed by atoms with Crippen LogP contribution in [0.3, 0.4) is 0 Å². The largest absolute Gasteiger partial charge is 0.497 e. The minimum atomic E-state index is 0.0272. The summed E-state index contributed by atoms with van der Waals surface area (Å²) in [6, 6.07) is 14.4. The van der Waals surface area contributed by atoms with Crippen LogP contribution in [0.2, 0.25) is 0 Å². The van der Waals surface area contributed by atoms with Gasteiger partial charge in [-0.05, 0) is 55.5 Å². The zero-order valence-electron chi connectivity index (χ0n) is 16.6. The molecule has 0 radical (unpaired) electrons. The van der Waals surface area contributed by atoms with E-state index >= 15 is 0 Å². The van der Waals surface area contributed by atoms with Crippen LogP contribution in [-0.2, 0) is 13.2 Å². The summed E-state index contributed by atoms with van der Waals surface area (Å²) in [4.78, 5) is 12.4. The molecule has 0 atom stereocenters. The number of Topliss-reactive ketones (excluding diaryl/α,β-unsaturated/α-hetero) is 1. The summed E-state index contributed by atoms with van der Waals surface area (Å²) in [5.41, 5.74) is 0.643. The molecule has 29 heavy (non-hydrogen) atoms. The molecule has 0 aliphatic rings. The topological polar surface area (TPSA) is 75.5 Å². The van der Waals surface area contributed by atoms with Gasteiger partial charge in [0.25, 0.3) is 0 Å². The lowest BCUT2D eigenvalue weighted by atomic mass is 10.1. The van der Waals surface area contributed by atoms with E-state index in [1.807, 2.05) is 35.8 Å². The number of ether oxygens (including phenoxy) is 3. The van der Waals surface area contributed by atoms with Gasteiger partial charge in [0.05, 0.1) is 20.0 Å². The number of benzene rings is 2. The van der Waals surface area contributed by atoms with Gasteiger partial charge in [-0.25, -0.2) is 0 Å². The molecule has 1 heterocycles. The summed E-state index contributed by atoms with van der Waals surface area (Å²) in [6.45, 7) is 2.99. The zero-order valence-corrected chi connectivity index (χ0v) is 17.4. The van der Waals surface area contributed by atoms with E-state index in [1.165, 1.54) is 11.8 Å². The second-order valence-corrected chi connectivity index (χ2v) is 6.99.